The van der Waals surface area contributed by atoms with Gasteiger partial charge in [0, 0.05) is 12.6 Å². The lowest BCUT2D eigenvalue weighted by molar-refractivity contribution is 0.174. The van der Waals surface area contributed by atoms with Crippen LogP contribution in [0.2, 0.25) is 0 Å². The molecule has 8 heteroatoms. The molecule has 0 spiro atoms. The summed E-state index contributed by atoms with van der Waals surface area (Å²) in [6.45, 7) is 2.79. The van der Waals surface area contributed by atoms with Crippen LogP contribution in [-0.4, -0.2) is 20.2 Å². The number of aryl methyl sites for hydroxylation is 1. The highest BCUT2D eigenvalue weighted by atomic mass is 32.2. The summed E-state index contributed by atoms with van der Waals surface area (Å²) in [5, 5.41) is 3.27. The molecular weight excluding hydrogens is 378 g/mol. The number of nitrogens with one attached hydrogen (secondary N) is 2. The van der Waals surface area contributed by atoms with Crippen molar-refractivity contribution >= 4 is 21.5 Å². The lowest BCUT2D eigenvalue weighted by Crippen LogP contribution is -2.14. The monoisotopic (exact) mass is 397 g/mol. The Balaban J connectivity index is 1.42. The van der Waals surface area contributed by atoms with Crippen LogP contribution < -0.4 is 19.5 Å². The van der Waals surface area contributed by atoms with Gasteiger partial charge in [-0.3, -0.25) is 4.72 Å². The maximum Gasteiger partial charge on any atom is 0.263 e. The van der Waals surface area contributed by atoms with Crippen molar-refractivity contribution in [3.8, 4) is 11.5 Å². The number of sulfonamides is 1. The van der Waals surface area contributed by atoms with Gasteiger partial charge in [0.05, 0.1) is 16.8 Å². The van der Waals surface area contributed by atoms with E-state index >= 15 is 0 Å². The molecule has 3 aromatic rings. The number of nitrogens with zero attached hydrogens (tertiary/aromatic N) is 1. The number of hydrogen-bond acceptors (Lipinski definition) is 6. The zero-order chi connectivity index (χ0) is 19.6. The third kappa shape index (κ3) is 4.01. The molecule has 1 aliphatic rings. The Morgan fingerprint density at radius 2 is 1.89 bits per heavy atom. The van der Waals surface area contributed by atoms with E-state index in [1.54, 1.807) is 24.4 Å². The van der Waals surface area contributed by atoms with Crippen LogP contribution in [0, 0.1) is 6.92 Å². The van der Waals surface area contributed by atoms with Crippen LogP contribution in [0.1, 0.15) is 11.1 Å². The summed E-state index contributed by atoms with van der Waals surface area (Å²) in [6.07, 6.45) is 1.59. The topological polar surface area (TPSA) is 89.5 Å². The Bertz CT molecular complexity index is 1100. The second-order valence-electron chi connectivity index (χ2n) is 6.40. The Morgan fingerprint density at radius 3 is 2.68 bits per heavy atom. The van der Waals surface area contributed by atoms with Gasteiger partial charge < -0.3 is 14.8 Å². The maximum atomic E-state index is 12.6. The lowest BCUT2D eigenvalue weighted by atomic mass is 10.1. The largest absolute Gasteiger partial charge is 0.454 e. The van der Waals surface area contributed by atoms with E-state index in [0.29, 0.717) is 18.0 Å². The van der Waals surface area contributed by atoms with Crippen molar-refractivity contribution in [2.24, 2.45) is 0 Å². The van der Waals surface area contributed by atoms with Gasteiger partial charge in [-0.25, -0.2) is 13.4 Å². The molecule has 0 bridgehead atoms. The van der Waals surface area contributed by atoms with Gasteiger partial charge in [0.15, 0.2) is 11.5 Å². The maximum absolute atomic E-state index is 12.6. The van der Waals surface area contributed by atoms with Crippen LogP contribution in [0.15, 0.2) is 65.7 Å². The van der Waals surface area contributed by atoms with Gasteiger partial charge >= 0.3 is 0 Å². The molecule has 0 saturated carbocycles. The fourth-order valence-corrected chi connectivity index (χ4v) is 3.85. The first-order valence-electron chi connectivity index (χ1n) is 8.67. The number of pyridine rings is 1. The molecule has 28 heavy (non-hydrogen) atoms. The van der Waals surface area contributed by atoms with Crippen molar-refractivity contribution in [3.05, 3.63) is 71.9 Å². The summed E-state index contributed by atoms with van der Waals surface area (Å²) < 4.78 is 38.0. The molecule has 0 radical (unpaired) electrons. The molecule has 0 atom stereocenters. The molecule has 144 valence electrons. The van der Waals surface area contributed by atoms with Crippen molar-refractivity contribution in [2.75, 3.05) is 16.8 Å². The highest BCUT2D eigenvalue weighted by molar-refractivity contribution is 7.92. The first-order valence-corrected chi connectivity index (χ1v) is 10.2. The van der Waals surface area contributed by atoms with E-state index in [1.807, 2.05) is 25.1 Å². The zero-order valence-corrected chi connectivity index (χ0v) is 16.0. The normalized spacial score (nSPS) is 12.6. The molecule has 7 nitrogen and oxygen atoms in total. The number of fused-ring (bicyclic) bond motifs is 1. The second kappa shape index (κ2) is 7.40. The highest BCUT2D eigenvalue weighted by Crippen LogP contribution is 2.34. The Labute approximate surface area is 163 Å². The van der Waals surface area contributed by atoms with E-state index in [-0.39, 0.29) is 17.5 Å². The highest BCUT2D eigenvalue weighted by Gasteiger charge is 2.20. The summed E-state index contributed by atoms with van der Waals surface area (Å²) in [5.41, 5.74) is 3.16. The molecule has 0 fully saturated rings. The quantitative estimate of drug-likeness (QED) is 0.661. The van der Waals surface area contributed by atoms with Crippen LogP contribution in [0.3, 0.4) is 0 Å². The molecule has 2 aromatic carbocycles. The summed E-state index contributed by atoms with van der Waals surface area (Å²) in [6, 6.07) is 16.1. The molecule has 2 N–H and O–H groups in total. The molecular formula is C20H19N3O4S. The fraction of sp³-hybridized carbons (Fsp3) is 0.150. The standard InChI is InChI=1S/C20H19N3O4S/c1-14-3-2-4-15(9-14)11-21-16-5-8-20(22-12-16)23-28(24,25)17-6-7-18-19(10-17)27-13-26-18/h2-10,12,21H,11,13H2,1H3,(H,22,23). The zero-order valence-electron chi connectivity index (χ0n) is 15.2. The van der Waals surface area contributed by atoms with Gasteiger partial charge in [-0.2, -0.15) is 0 Å². The first-order chi connectivity index (χ1) is 13.5. The summed E-state index contributed by atoms with van der Waals surface area (Å²) in [7, 11) is -3.78. The van der Waals surface area contributed by atoms with Crippen molar-refractivity contribution in [2.45, 2.75) is 18.4 Å². The fourth-order valence-electron chi connectivity index (χ4n) is 2.83. The van der Waals surface area contributed by atoms with E-state index in [9.17, 15) is 8.42 Å². The van der Waals surface area contributed by atoms with Gasteiger partial charge in [-0.15, -0.1) is 0 Å². The summed E-state index contributed by atoms with van der Waals surface area (Å²) in [5.74, 6) is 1.17. The van der Waals surface area contributed by atoms with Crippen molar-refractivity contribution < 1.29 is 17.9 Å². The van der Waals surface area contributed by atoms with Gasteiger partial charge in [0.25, 0.3) is 10.0 Å². The van der Waals surface area contributed by atoms with E-state index in [1.165, 1.54) is 17.7 Å². The molecule has 0 unspecified atom stereocenters. The van der Waals surface area contributed by atoms with Crippen LogP contribution in [0.4, 0.5) is 11.5 Å². The summed E-state index contributed by atoms with van der Waals surface area (Å²) >= 11 is 0. The third-order valence-corrected chi connectivity index (χ3v) is 5.59. The number of ether oxygens (including phenoxy) is 2. The molecule has 0 aliphatic carbocycles. The number of anilines is 2. The van der Waals surface area contributed by atoms with Crippen molar-refractivity contribution in [1.29, 1.82) is 0 Å². The molecule has 1 aliphatic heterocycles. The summed E-state index contributed by atoms with van der Waals surface area (Å²) in [4.78, 5) is 4.27. The van der Waals surface area contributed by atoms with Gasteiger partial charge in [0.2, 0.25) is 6.79 Å². The van der Waals surface area contributed by atoms with E-state index in [0.717, 1.165) is 11.3 Å². The van der Waals surface area contributed by atoms with Crippen LogP contribution in [0.5, 0.6) is 11.5 Å². The Hall–Kier alpha value is -3.26. The minimum absolute atomic E-state index is 0.0835. The van der Waals surface area contributed by atoms with Crippen molar-refractivity contribution in [1.82, 2.24) is 4.98 Å². The minimum Gasteiger partial charge on any atom is -0.454 e. The third-order valence-electron chi connectivity index (χ3n) is 4.24. The van der Waals surface area contributed by atoms with E-state index in [2.05, 4.69) is 21.1 Å². The Kier molecular flexibility index (Phi) is 4.79. The van der Waals surface area contributed by atoms with E-state index < -0.39 is 10.0 Å². The van der Waals surface area contributed by atoms with Crippen LogP contribution >= 0.6 is 0 Å². The minimum atomic E-state index is -3.78. The average Bonchev–Trinajstić information content (AvgIpc) is 3.15. The number of benzene rings is 2. The smallest absolute Gasteiger partial charge is 0.263 e. The molecule has 1 aromatic heterocycles. The number of rotatable bonds is 6. The molecule has 2 heterocycles. The van der Waals surface area contributed by atoms with Gasteiger partial charge in [-0.05, 0) is 36.8 Å². The van der Waals surface area contributed by atoms with E-state index in [4.69, 9.17) is 9.47 Å². The number of aromatic nitrogens is 1. The average molecular weight is 397 g/mol. The lowest BCUT2D eigenvalue weighted by Gasteiger charge is -2.10. The second-order valence-corrected chi connectivity index (χ2v) is 8.08. The van der Waals surface area contributed by atoms with Crippen molar-refractivity contribution in [3.63, 3.8) is 0 Å². The predicted molar refractivity (Wildman–Crippen MR) is 106 cm³/mol. The molecule has 0 amide bonds. The van der Waals surface area contributed by atoms with Gasteiger partial charge in [0.1, 0.15) is 5.82 Å². The number of hydrogen-bond donors (Lipinski definition) is 2. The predicted octanol–water partition coefficient (Wildman–Crippen LogP) is 3.53. The van der Waals surface area contributed by atoms with Gasteiger partial charge in [-0.1, -0.05) is 29.8 Å². The molecule has 4 rings (SSSR count). The Morgan fingerprint density at radius 1 is 1.04 bits per heavy atom. The van der Waals surface area contributed by atoms with Crippen LogP contribution in [0.25, 0.3) is 0 Å². The van der Waals surface area contributed by atoms with Crippen LogP contribution in [-0.2, 0) is 16.6 Å². The first kappa shape index (κ1) is 18.1. The SMILES string of the molecule is Cc1cccc(CNc2ccc(NS(=O)(=O)c3ccc4c(c3)OCO4)nc2)c1. The molecule has 0 saturated heterocycles.